The van der Waals surface area contributed by atoms with Gasteiger partial charge in [0.1, 0.15) is 0 Å². The van der Waals surface area contributed by atoms with E-state index in [1.165, 1.54) is 24.2 Å². The molecule has 3 heterocycles. The summed E-state index contributed by atoms with van der Waals surface area (Å²) in [5.74, 6) is 0.734. The first-order valence-corrected chi connectivity index (χ1v) is 8.96. The molecule has 5 nitrogen and oxygen atoms in total. The number of H-pyrrole nitrogens is 1. The van der Waals surface area contributed by atoms with Crippen LogP contribution in [0.15, 0.2) is 24.5 Å². The summed E-state index contributed by atoms with van der Waals surface area (Å²) in [5.41, 5.74) is 4.72. The number of benzene rings is 1. The van der Waals surface area contributed by atoms with Crippen LogP contribution in [0.2, 0.25) is 5.02 Å². The van der Waals surface area contributed by atoms with Gasteiger partial charge in [-0.15, -0.1) is 0 Å². The first-order valence-electron chi connectivity index (χ1n) is 8.58. The first kappa shape index (κ1) is 14.5. The normalized spacial score (nSPS) is 21.3. The zero-order chi connectivity index (χ0) is 16.3. The van der Waals surface area contributed by atoms with Crippen LogP contribution in [0.3, 0.4) is 0 Å². The van der Waals surface area contributed by atoms with Gasteiger partial charge in [0.15, 0.2) is 0 Å². The maximum atomic E-state index is 6.48. The van der Waals surface area contributed by atoms with E-state index in [4.69, 9.17) is 16.7 Å². The van der Waals surface area contributed by atoms with Crippen LogP contribution in [-0.2, 0) is 20.0 Å². The second-order valence-corrected chi connectivity index (χ2v) is 7.38. The Kier molecular flexibility index (Phi) is 3.22. The average Bonchev–Trinajstić information content (AvgIpc) is 3.20. The minimum absolute atomic E-state index is 0.416. The highest BCUT2D eigenvalue weighted by molar-refractivity contribution is 6.35. The number of halogens is 1. The second kappa shape index (κ2) is 5.33. The number of hydrogen-bond donors (Lipinski definition) is 1. The van der Waals surface area contributed by atoms with E-state index in [0.29, 0.717) is 6.04 Å². The molecule has 0 amide bonds. The fourth-order valence-electron chi connectivity index (χ4n) is 4.12. The smallest absolute Gasteiger partial charge is 0.0925 e. The molecule has 1 saturated carbocycles. The monoisotopic (exact) mass is 341 g/mol. The van der Waals surface area contributed by atoms with Crippen LogP contribution in [0.4, 0.5) is 0 Å². The molecule has 2 aromatic heterocycles. The summed E-state index contributed by atoms with van der Waals surface area (Å²) in [6, 6.07) is 6.44. The van der Waals surface area contributed by atoms with Gasteiger partial charge in [0.2, 0.25) is 0 Å². The summed E-state index contributed by atoms with van der Waals surface area (Å²) in [5, 5.41) is 6.64. The molecule has 0 bridgehead atoms. The Balaban J connectivity index is 1.54. The third-order valence-corrected chi connectivity index (χ3v) is 5.71. The number of nitrogens with one attached hydrogen (secondary N) is 1. The Morgan fingerprint density at radius 3 is 3.04 bits per heavy atom. The Labute approximate surface area is 145 Å². The predicted octanol–water partition coefficient (Wildman–Crippen LogP) is 3.46. The maximum Gasteiger partial charge on any atom is 0.0925 e. The molecule has 2 aliphatic rings. The molecule has 0 spiro atoms. The molecule has 1 aliphatic carbocycles. The van der Waals surface area contributed by atoms with Gasteiger partial charge in [-0.3, -0.25) is 9.58 Å². The van der Waals surface area contributed by atoms with Crippen LogP contribution in [-0.4, -0.2) is 31.2 Å². The fourth-order valence-corrected chi connectivity index (χ4v) is 4.40. The Hall–Kier alpha value is -1.85. The van der Waals surface area contributed by atoms with E-state index in [-0.39, 0.29) is 0 Å². The molecular formula is C18H20ClN5. The molecule has 24 heavy (non-hydrogen) atoms. The van der Waals surface area contributed by atoms with E-state index in [0.717, 1.165) is 47.0 Å². The standard InChI is InChI=1S/C18H20ClN5/c1-23-15-4-2-3-12(19)16(15)14(22-23)9-24-8-7-13-17(21-10-20-13)18(24)11-5-6-11/h2-4,10-11,18H,5-9H2,1H3,(H,20,21). The summed E-state index contributed by atoms with van der Waals surface area (Å²) >= 11 is 6.48. The molecule has 5 rings (SSSR count). The van der Waals surface area contributed by atoms with Crippen molar-refractivity contribution in [1.29, 1.82) is 0 Å². The van der Waals surface area contributed by atoms with Crippen LogP contribution in [0.1, 0.15) is 36.0 Å². The zero-order valence-electron chi connectivity index (χ0n) is 13.7. The van der Waals surface area contributed by atoms with Crippen molar-refractivity contribution < 1.29 is 0 Å². The third kappa shape index (κ3) is 2.19. The SMILES string of the molecule is Cn1nc(CN2CCc3[nH]cnc3C2C2CC2)c2c(Cl)cccc21. The van der Waals surface area contributed by atoms with Crippen molar-refractivity contribution in [2.75, 3.05) is 6.54 Å². The molecule has 1 aliphatic heterocycles. The molecule has 6 heteroatoms. The molecule has 0 radical (unpaired) electrons. The molecule has 1 N–H and O–H groups in total. The van der Waals surface area contributed by atoms with Gasteiger partial charge in [-0.05, 0) is 30.9 Å². The summed E-state index contributed by atoms with van der Waals surface area (Å²) in [6.45, 7) is 1.87. The average molecular weight is 342 g/mol. The van der Waals surface area contributed by atoms with Crippen LogP contribution in [0, 0.1) is 5.92 Å². The van der Waals surface area contributed by atoms with Crippen molar-refractivity contribution in [3.8, 4) is 0 Å². The van der Waals surface area contributed by atoms with Crippen molar-refractivity contribution >= 4 is 22.5 Å². The van der Waals surface area contributed by atoms with Crippen LogP contribution in [0.25, 0.3) is 10.9 Å². The van der Waals surface area contributed by atoms with E-state index in [1.807, 2.05) is 30.2 Å². The number of aromatic amines is 1. The summed E-state index contributed by atoms with van der Waals surface area (Å²) < 4.78 is 1.94. The van der Waals surface area contributed by atoms with Crippen molar-refractivity contribution in [2.24, 2.45) is 13.0 Å². The molecule has 124 valence electrons. The zero-order valence-corrected chi connectivity index (χ0v) is 14.4. The van der Waals surface area contributed by atoms with E-state index < -0.39 is 0 Å². The fraction of sp³-hybridized carbons (Fsp3) is 0.444. The highest BCUT2D eigenvalue weighted by atomic mass is 35.5. The maximum absolute atomic E-state index is 6.48. The lowest BCUT2D eigenvalue weighted by Gasteiger charge is -2.34. The van der Waals surface area contributed by atoms with Gasteiger partial charge in [-0.25, -0.2) is 4.98 Å². The molecule has 1 unspecified atom stereocenters. The van der Waals surface area contributed by atoms with Gasteiger partial charge >= 0.3 is 0 Å². The van der Waals surface area contributed by atoms with Gasteiger partial charge in [-0.2, -0.15) is 5.10 Å². The lowest BCUT2D eigenvalue weighted by Crippen LogP contribution is -2.36. The van der Waals surface area contributed by atoms with Gasteiger partial charge in [-0.1, -0.05) is 17.7 Å². The Morgan fingerprint density at radius 2 is 2.21 bits per heavy atom. The lowest BCUT2D eigenvalue weighted by molar-refractivity contribution is 0.151. The van der Waals surface area contributed by atoms with Gasteiger partial charge < -0.3 is 4.98 Å². The van der Waals surface area contributed by atoms with E-state index in [9.17, 15) is 0 Å². The van der Waals surface area contributed by atoms with Gasteiger partial charge in [0, 0.05) is 37.6 Å². The quantitative estimate of drug-likeness (QED) is 0.793. The van der Waals surface area contributed by atoms with Crippen LogP contribution >= 0.6 is 11.6 Å². The minimum atomic E-state index is 0.416. The van der Waals surface area contributed by atoms with Crippen molar-refractivity contribution in [1.82, 2.24) is 24.6 Å². The van der Waals surface area contributed by atoms with E-state index in [1.54, 1.807) is 0 Å². The second-order valence-electron chi connectivity index (χ2n) is 6.97. The number of fused-ring (bicyclic) bond motifs is 2. The van der Waals surface area contributed by atoms with Crippen LogP contribution in [0.5, 0.6) is 0 Å². The van der Waals surface area contributed by atoms with E-state index >= 15 is 0 Å². The van der Waals surface area contributed by atoms with Crippen molar-refractivity contribution in [3.63, 3.8) is 0 Å². The Morgan fingerprint density at radius 1 is 1.33 bits per heavy atom. The summed E-state index contributed by atoms with van der Waals surface area (Å²) in [4.78, 5) is 10.5. The molecule has 1 aromatic carbocycles. The van der Waals surface area contributed by atoms with Gasteiger partial charge in [0.05, 0.1) is 34.3 Å². The lowest BCUT2D eigenvalue weighted by atomic mass is 9.98. The number of hydrogen-bond acceptors (Lipinski definition) is 3. The third-order valence-electron chi connectivity index (χ3n) is 5.40. The van der Waals surface area contributed by atoms with E-state index in [2.05, 4.69) is 20.9 Å². The number of imidazole rings is 1. The highest BCUT2D eigenvalue weighted by Crippen LogP contribution is 2.47. The molecular weight excluding hydrogens is 322 g/mol. The molecule has 0 saturated heterocycles. The predicted molar refractivity (Wildman–Crippen MR) is 93.9 cm³/mol. The first-order chi connectivity index (χ1) is 11.7. The van der Waals surface area contributed by atoms with Crippen molar-refractivity contribution in [2.45, 2.75) is 31.8 Å². The largest absolute Gasteiger partial charge is 0.348 e. The summed E-state index contributed by atoms with van der Waals surface area (Å²) in [7, 11) is 1.99. The number of rotatable bonds is 3. The number of aryl methyl sites for hydroxylation is 1. The van der Waals surface area contributed by atoms with Crippen molar-refractivity contribution in [3.05, 3.63) is 46.6 Å². The number of aromatic nitrogens is 4. The Bertz CT molecular complexity index is 907. The van der Waals surface area contributed by atoms with Crippen LogP contribution < -0.4 is 0 Å². The number of nitrogens with zero attached hydrogens (tertiary/aromatic N) is 4. The molecule has 3 aromatic rings. The molecule has 1 atom stereocenters. The molecule has 1 fully saturated rings. The summed E-state index contributed by atoms with van der Waals surface area (Å²) in [6.07, 6.45) is 5.47. The van der Waals surface area contributed by atoms with Gasteiger partial charge in [0.25, 0.3) is 0 Å². The highest BCUT2D eigenvalue weighted by Gasteiger charge is 2.41. The topological polar surface area (TPSA) is 49.7 Å². The minimum Gasteiger partial charge on any atom is -0.348 e.